The lowest BCUT2D eigenvalue weighted by Gasteiger charge is -2.21. The molecule has 0 bridgehead atoms. The van der Waals surface area contributed by atoms with Crippen LogP contribution < -0.4 is 5.32 Å². The predicted octanol–water partition coefficient (Wildman–Crippen LogP) is 3.53. The van der Waals surface area contributed by atoms with Crippen LogP contribution in [-0.4, -0.2) is 18.6 Å². The lowest BCUT2D eigenvalue weighted by Crippen LogP contribution is -2.36. The Bertz CT molecular complexity index is 376. The number of unbranched alkanes of at least 4 members (excludes halogenated alkanes) is 1. The van der Waals surface area contributed by atoms with Crippen molar-refractivity contribution in [3.05, 3.63) is 35.9 Å². The van der Waals surface area contributed by atoms with Crippen LogP contribution in [0.15, 0.2) is 30.3 Å². The molecule has 1 rings (SSSR count). The fraction of sp³-hybridized carbons (Fsp3) is 0.588. The summed E-state index contributed by atoms with van der Waals surface area (Å²) >= 11 is 0. The Kier molecular flexibility index (Phi) is 7.97. The third kappa shape index (κ3) is 6.71. The molecule has 0 amide bonds. The van der Waals surface area contributed by atoms with Crippen molar-refractivity contribution in [1.29, 1.82) is 0 Å². The highest BCUT2D eigenvalue weighted by Gasteiger charge is 2.17. The Morgan fingerprint density at radius 3 is 2.55 bits per heavy atom. The van der Waals surface area contributed by atoms with Gasteiger partial charge in [-0.2, -0.15) is 0 Å². The number of rotatable bonds is 9. The first-order valence-corrected chi connectivity index (χ1v) is 7.56. The fourth-order valence-corrected chi connectivity index (χ4v) is 1.96. The first-order valence-electron chi connectivity index (χ1n) is 7.56. The maximum absolute atomic E-state index is 11.8. The van der Waals surface area contributed by atoms with Gasteiger partial charge in [-0.15, -0.1) is 0 Å². The summed E-state index contributed by atoms with van der Waals surface area (Å²) < 4.78 is 5.24. The SMILES string of the molecule is CCCCOC(=O)CC(NCc1ccccc1)C(C)C. The van der Waals surface area contributed by atoms with Crippen molar-refractivity contribution in [1.82, 2.24) is 5.32 Å². The van der Waals surface area contributed by atoms with E-state index in [0.717, 1.165) is 19.4 Å². The monoisotopic (exact) mass is 277 g/mol. The van der Waals surface area contributed by atoms with Crippen molar-refractivity contribution in [2.45, 2.75) is 52.6 Å². The third-order valence-corrected chi connectivity index (χ3v) is 3.36. The van der Waals surface area contributed by atoms with Gasteiger partial charge in [0.2, 0.25) is 0 Å². The van der Waals surface area contributed by atoms with Crippen molar-refractivity contribution in [3.8, 4) is 0 Å². The van der Waals surface area contributed by atoms with E-state index < -0.39 is 0 Å². The first-order chi connectivity index (χ1) is 9.63. The summed E-state index contributed by atoms with van der Waals surface area (Å²) in [5, 5.41) is 3.46. The molecule has 20 heavy (non-hydrogen) atoms. The number of carbonyl (C=O) groups excluding carboxylic acids is 1. The van der Waals surface area contributed by atoms with Crippen molar-refractivity contribution in [2.75, 3.05) is 6.61 Å². The summed E-state index contributed by atoms with van der Waals surface area (Å²) in [4.78, 5) is 11.8. The van der Waals surface area contributed by atoms with E-state index in [1.165, 1.54) is 5.56 Å². The van der Waals surface area contributed by atoms with Gasteiger partial charge in [0.15, 0.2) is 0 Å². The van der Waals surface area contributed by atoms with E-state index in [-0.39, 0.29) is 12.0 Å². The number of hydrogen-bond acceptors (Lipinski definition) is 3. The average molecular weight is 277 g/mol. The quantitative estimate of drug-likeness (QED) is 0.554. The standard InChI is InChI=1S/C17H27NO2/c1-4-5-11-20-17(19)12-16(14(2)3)18-13-15-9-7-6-8-10-15/h6-10,14,16,18H,4-5,11-13H2,1-3H3. The molecule has 1 N–H and O–H groups in total. The molecule has 0 fully saturated rings. The Labute approximate surface area is 122 Å². The van der Waals surface area contributed by atoms with Gasteiger partial charge in [-0.1, -0.05) is 57.5 Å². The summed E-state index contributed by atoms with van der Waals surface area (Å²) in [7, 11) is 0. The minimum absolute atomic E-state index is 0.0993. The van der Waals surface area contributed by atoms with Crippen molar-refractivity contribution in [3.63, 3.8) is 0 Å². The van der Waals surface area contributed by atoms with Crippen molar-refractivity contribution in [2.24, 2.45) is 5.92 Å². The number of hydrogen-bond donors (Lipinski definition) is 1. The minimum Gasteiger partial charge on any atom is -0.466 e. The van der Waals surface area contributed by atoms with Gasteiger partial charge in [0.05, 0.1) is 13.0 Å². The van der Waals surface area contributed by atoms with Crippen LogP contribution in [0.25, 0.3) is 0 Å². The van der Waals surface area contributed by atoms with Crippen molar-refractivity contribution >= 4 is 5.97 Å². The van der Waals surface area contributed by atoms with Crippen LogP contribution in [0.5, 0.6) is 0 Å². The number of esters is 1. The summed E-state index contributed by atoms with van der Waals surface area (Å²) in [5.41, 5.74) is 1.23. The highest BCUT2D eigenvalue weighted by atomic mass is 16.5. The van der Waals surface area contributed by atoms with E-state index in [4.69, 9.17) is 4.74 Å². The minimum atomic E-state index is -0.0993. The predicted molar refractivity (Wildman–Crippen MR) is 82.4 cm³/mol. The average Bonchev–Trinajstić information content (AvgIpc) is 2.44. The lowest BCUT2D eigenvalue weighted by molar-refractivity contribution is -0.144. The molecule has 0 saturated heterocycles. The zero-order valence-corrected chi connectivity index (χ0v) is 12.9. The molecule has 1 aromatic rings. The Morgan fingerprint density at radius 1 is 1.25 bits per heavy atom. The smallest absolute Gasteiger partial charge is 0.307 e. The molecule has 3 heteroatoms. The Balaban J connectivity index is 2.38. The van der Waals surface area contributed by atoms with Gasteiger partial charge in [0.25, 0.3) is 0 Å². The molecule has 1 atom stereocenters. The molecule has 1 aromatic carbocycles. The van der Waals surface area contributed by atoms with E-state index in [1.807, 2.05) is 18.2 Å². The summed E-state index contributed by atoms with van der Waals surface area (Å²) in [6.07, 6.45) is 2.43. The summed E-state index contributed by atoms with van der Waals surface area (Å²) in [5.74, 6) is 0.301. The maximum atomic E-state index is 11.8. The van der Waals surface area contributed by atoms with Gasteiger partial charge in [0.1, 0.15) is 0 Å². The van der Waals surface area contributed by atoms with Crippen LogP contribution in [0.1, 0.15) is 45.6 Å². The van der Waals surface area contributed by atoms with Crippen LogP contribution in [0.2, 0.25) is 0 Å². The molecular formula is C17H27NO2. The molecule has 1 unspecified atom stereocenters. The van der Waals surface area contributed by atoms with Crippen LogP contribution in [-0.2, 0) is 16.1 Å². The van der Waals surface area contributed by atoms with Gasteiger partial charge in [0, 0.05) is 12.6 Å². The van der Waals surface area contributed by atoms with E-state index in [9.17, 15) is 4.79 Å². The summed E-state index contributed by atoms with van der Waals surface area (Å²) in [6, 6.07) is 10.4. The molecule has 0 spiro atoms. The van der Waals surface area contributed by atoms with E-state index >= 15 is 0 Å². The summed E-state index contributed by atoms with van der Waals surface area (Å²) in [6.45, 7) is 7.67. The largest absolute Gasteiger partial charge is 0.466 e. The second-order valence-corrected chi connectivity index (χ2v) is 5.50. The molecule has 112 valence electrons. The number of carbonyl (C=O) groups is 1. The topological polar surface area (TPSA) is 38.3 Å². The fourth-order valence-electron chi connectivity index (χ4n) is 1.96. The zero-order valence-electron chi connectivity index (χ0n) is 12.9. The highest BCUT2D eigenvalue weighted by molar-refractivity contribution is 5.70. The van der Waals surface area contributed by atoms with E-state index in [0.29, 0.717) is 18.9 Å². The Hall–Kier alpha value is -1.35. The second kappa shape index (κ2) is 9.54. The maximum Gasteiger partial charge on any atom is 0.307 e. The van der Waals surface area contributed by atoms with E-state index in [1.54, 1.807) is 0 Å². The highest BCUT2D eigenvalue weighted by Crippen LogP contribution is 2.09. The first kappa shape index (κ1) is 16.7. The normalized spacial score (nSPS) is 12.4. The van der Waals surface area contributed by atoms with Gasteiger partial charge < -0.3 is 10.1 Å². The third-order valence-electron chi connectivity index (χ3n) is 3.36. The van der Waals surface area contributed by atoms with Crippen LogP contribution >= 0.6 is 0 Å². The second-order valence-electron chi connectivity index (χ2n) is 5.50. The molecule has 0 aliphatic heterocycles. The lowest BCUT2D eigenvalue weighted by atomic mass is 10.0. The van der Waals surface area contributed by atoms with Crippen molar-refractivity contribution < 1.29 is 9.53 Å². The van der Waals surface area contributed by atoms with E-state index in [2.05, 4.69) is 38.2 Å². The van der Waals surface area contributed by atoms with Gasteiger partial charge in [-0.25, -0.2) is 0 Å². The van der Waals surface area contributed by atoms with Crippen LogP contribution in [0.4, 0.5) is 0 Å². The molecule has 0 heterocycles. The molecule has 0 radical (unpaired) electrons. The number of benzene rings is 1. The molecule has 0 aromatic heterocycles. The Morgan fingerprint density at radius 2 is 1.95 bits per heavy atom. The number of nitrogens with one attached hydrogen (secondary N) is 1. The van der Waals surface area contributed by atoms with Crippen LogP contribution in [0.3, 0.4) is 0 Å². The zero-order chi connectivity index (χ0) is 14.8. The molecule has 0 saturated carbocycles. The molecule has 0 aliphatic carbocycles. The van der Waals surface area contributed by atoms with Gasteiger partial charge >= 0.3 is 5.97 Å². The molecule has 0 aliphatic rings. The van der Waals surface area contributed by atoms with Gasteiger partial charge in [-0.3, -0.25) is 4.79 Å². The number of ether oxygens (including phenoxy) is 1. The molecular weight excluding hydrogens is 250 g/mol. The van der Waals surface area contributed by atoms with Gasteiger partial charge in [-0.05, 0) is 17.9 Å². The van der Waals surface area contributed by atoms with Crippen LogP contribution in [0, 0.1) is 5.92 Å². The molecule has 3 nitrogen and oxygen atoms in total.